The van der Waals surface area contributed by atoms with Crippen molar-refractivity contribution in [3.8, 4) is 11.8 Å². The standard InChI is InChI=1S/C14H16N2O2/c1-3-6-11(2)16-14(17)10-18-13-8-5-4-7-12(13)9-15/h3-5,7-8,11H,1,6,10H2,2H3,(H,16,17). The van der Waals surface area contributed by atoms with Crippen LogP contribution in [0.25, 0.3) is 0 Å². The Bertz CT molecular complexity index is 463. The van der Waals surface area contributed by atoms with Crippen LogP contribution >= 0.6 is 0 Å². The van der Waals surface area contributed by atoms with Crippen LogP contribution in [0.15, 0.2) is 36.9 Å². The van der Waals surface area contributed by atoms with Crippen LogP contribution in [0, 0.1) is 11.3 Å². The molecule has 0 fully saturated rings. The van der Waals surface area contributed by atoms with Crippen molar-refractivity contribution in [2.75, 3.05) is 6.61 Å². The molecule has 4 heteroatoms. The molecule has 18 heavy (non-hydrogen) atoms. The van der Waals surface area contributed by atoms with Gasteiger partial charge in [-0.3, -0.25) is 4.79 Å². The van der Waals surface area contributed by atoms with E-state index in [-0.39, 0.29) is 18.6 Å². The molecule has 0 radical (unpaired) electrons. The van der Waals surface area contributed by atoms with Gasteiger partial charge in [0.05, 0.1) is 5.56 Å². The van der Waals surface area contributed by atoms with Gasteiger partial charge in [0, 0.05) is 6.04 Å². The maximum absolute atomic E-state index is 11.5. The SMILES string of the molecule is C=CCC(C)NC(=O)COc1ccccc1C#N. The molecule has 1 amide bonds. The van der Waals surface area contributed by atoms with Crippen molar-refractivity contribution < 1.29 is 9.53 Å². The first-order valence-electron chi connectivity index (χ1n) is 5.69. The fourth-order valence-corrected chi connectivity index (χ4v) is 1.45. The van der Waals surface area contributed by atoms with E-state index in [2.05, 4.69) is 11.9 Å². The number of ether oxygens (including phenoxy) is 1. The Kier molecular flexibility index (Phi) is 5.46. The second-order valence-electron chi connectivity index (χ2n) is 3.89. The van der Waals surface area contributed by atoms with Crippen LogP contribution in [0.2, 0.25) is 0 Å². The minimum atomic E-state index is -0.211. The summed E-state index contributed by atoms with van der Waals surface area (Å²) < 4.78 is 5.31. The van der Waals surface area contributed by atoms with E-state index in [4.69, 9.17) is 10.00 Å². The lowest BCUT2D eigenvalue weighted by atomic mass is 10.2. The third-order valence-corrected chi connectivity index (χ3v) is 2.29. The molecule has 1 N–H and O–H groups in total. The summed E-state index contributed by atoms with van der Waals surface area (Å²) in [6.07, 6.45) is 2.46. The topological polar surface area (TPSA) is 62.1 Å². The number of rotatable bonds is 6. The molecule has 1 aromatic carbocycles. The summed E-state index contributed by atoms with van der Waals surface area (Å²) >= 11 is 0. The first-order chi connectivity index (χ1) is 8.67. The van der Waals surface area contributed by atoms with Crippen LogP contribution in [0.3, 0.4) is 0 Å². The van der Waals surface area contributed by atoms with Crippen molar-refractivity contribution in [1.29, 1.82) is 5.26 Å². The lowest BCUT2D eigenvalue weighted by Crippen LogP contribution is -2.35. The van der Waals surface area contributed by atoms with Crippen LogP contribution in [0.5, 0.6) is 5.75 Å². The molecule has 94 valence electrons. The summed E-state index contributed by atoms with van der Waals surface area (Å²) in [4.78, 5) is 11.5. The molecule has 1 aromatic rings. The summed E-state index contributed by atoms with van der Waals surface area (Å²) in [5.74, 6) is 0.212. The number of nitriles is 1. The largest absolute Gasteiger partial charge is 0.482 e. The molecule has 0 heterocycles. The van der Waals surface area contributed by atoms with E-state index in [0.717, 1.165) is 0 Å². The van der Waals surface area contributed by atoms with Gasteiger partial charge in [0.25, 0.3) is 5.91 Å². The Hall–Kier alpha value is -2.28. The Morgan fingerprint density at radius 2 is 2.33 bits per heavy atom. The smallest absolute Gasteiger partial charge is 0.258 e. The number of hydrogen-bond donors (Lipinski definition) is 1. The molecule has 1 unspecified atom stereocenters. The molecule has 0 aromatic heterocycles. The third kappa shape index (κ3) is 4.30. The number of nitrogens with one attached hydrogen (secondary N) is 1. The van der Waals surface area contributed by atoms with Crippen molar-refractivity contribution in [3.63, 3.8) is 0 Å². The molecular weight excluding hydrogens is 228 g/mol. The van der Waals surface area contributed by atoms with Crippen molar-refractivity contribution in [3.05, 3.63) is 42.5 Å². The van der Waals surface area contributed by atoms with Crippen LogP contribution in [0.1, 0.15) is 18.9 Å². The zero-order valence-corrected chi connectivity index (χ0v) is 10.3. The highest BCUT2D eigenvalue weighted by Crippen LogP contribution is 2.16. The molecule has 0 spiro atoms. The predicted octanol–water partition coefficient (Wildman–Crippen LogP) is 2.02. The molecular formula is C14H16N2O2. The minimum Gasteiger partial charge on any atom is -0.482 e. The average molecular weight is 244 g/mol. The van der Waals surface area contributed by atoms with Gasteiger partial charge >= 0.3 is 0 Å². The fraction of sp³-hybridized carbons (Fsp3) is 0.286. The Labute approximate surface area is 107 Å². The quantitative estimate of drug-likeness (QED) is 0.779. The number of nitrogens with zero attached hydrogens (tertiary/aromatic N) is 1. The van der Waals surface area contributed by atoms with E-state index >= 15 is 0 Å². The number of amides is 1. The summed E-state index contributed by atoms with van der Waals surface area (Å²) in [5, 5.41) is 11.6. The molecule has 0 aliphatic carbocycles. The van der Waals surface area contributed by atoms with E-state index in [9.17, 15) is 4.79 Å². The minimum absolute atomic E-state index is 0.0322. The fourth-order valence-electron chi connectivity index (χ4n) is 1.45. The third-order valence-electron chi connectivity index (χ3n) is 2.29. The highest BCUT2D eigenvalue weighted by Gasteiger charge is 2.08. The summed E-state index contributed by atoms with van der Waals surface area (Å²) in [6, 6.07) is 8.86. The molecule has 0 saturated heterocycles. The van der Waals surface area contributed by atoms with E-state index in [1.165, 1.54) is 0 Å². The maximum atomic E-state index is 11.5. The van der Waals surface area contributed by atoms with Crippen molar-refractivity contribution in [1.82, 2.24) is 5.32 Å². The molecule has 0 aliphatic rings. The number of benzene rings is 1. The van der Waals surface area contributed by atoms with Gasteiger partial charge in [0.2, 0.25) is 0 Å². The Morgan fingerprint density at radius 1 is 1.61 bits per heavy atom. The van der Waals surface area contributed by atoms with Crippen LogP contribution in [0.4, 0.5) is 0 Å². The van der Waals surface area contributed by atoms with Gasteiger partial charge in [0.15, 0.2) is 6.61 Å². The molecule has 1 atom stereocenters. The lowest BCUT2D eigenvalue weighted by molar-refractivity contribution is -0.123. The molecule has 0 bridgehead atoms. The number of carbonyl (C=O) groups excluding carboxylic acids is 1. The normalized spacial score (nSPS) is 11.1. The number of para-hydroxylation sites is 1. The van der Waals surface area contributed by atoms with Crippen molar-refractivity contribution in [2.45, 2.75) is 19.4 Å². The maximum Gasteiger partial charge on any atom is 0.258 e. The second-order valence-corrected chi connectivity index (χ2v) is 3.89. The van der Waals surface area contributed by atoms with Gasteiger partial charge in [-0.1, -0.05) is 18.2 Å². The van der Waals surface area contributed by atoms with E-state index in [0.29, 0.717) is 17.7 Å². The van der Waals surface area contributed by atoms with Crippen LogP contribution in [-0.4, -0.2) is 18.6 Å². The number of carbonyl (C=O) groups is 1. The van der Waals surface area contributed by atoms with Crippen LogP contribution in [-0.2, 0) is 4.79 Å². The van der Waals surface area contributed by atoms with E-state index in [1.807, 2.05) is 13.0 Å². The highest BCUT2D eigenvalue weighted by atomic mass is 16.5. The Balaban J connectivity index is 2.48. The summed E-state index contributed by atoms with van der Waals surface area (Å²) in [5.41, 5.74) is 0.421. The van der Waals surface area contributed by atoms with Gasteiger partial charge in [-0.15, -0.1) is 6.58 Å². The van der Waals surface area contributed by atoms with Crippen molar-refractivity contribution in [2.24, 2.45) is 0 Å². The molecule has 1 rings (SSSR count). The Morgan fingerprint density at radius 3 is 3.00 bits per heavy atom. The monoisotopic (exact) mass is 244 g/mol. The highest BCUT2D eigenvalue weighted by molar-refractivity contribution is 5.77. The zero-order valence-electron chi connectivity index (χ0n) is 10.3. The first kappa shape index (κ1) is 13.8. The summed E-state index contributed by atoms with van der Waals surface area (Å²) in [7, 11) is 0. The average Bonchev–Trinajstić information content (AvgIpc) is 2.37. The zero-order chi connectivity index (χ0) is 13.4. The van der Waals surface area contributed by atoms with Gasteiger partial charge in [-0.25, -0.2) is 0 Å². The predicted molar refractivity (Wildman–Crippen MR) is 69.1 cm³/mol. The van der Waals surface area contributed by atoms with Crippen LogP contribution < -0.4 is 10.1 Å². The van der Waals surface area contributed by atoms with Gasteiger partial charge < -0.3 is 10.1 Å². The van der Waals surface area contributed by atoms with Gasteiger partial charge in [0.1, 0.15) is 11.8 Å². The van der Waals surface area contributed by atoms with Gasteiger partial charge in [-0.05, 0) is 25.5 Å². The number of hydrogen-bond acceptors (Lipinski definition) is 3. The lowest BCUT2D eigenvalue weighted by Gasteiger charge is -2.12. The molecule has 0 saturated carbocycles. The first-order valence-corrected chi connectivity index (χ1v) is 5.69. The molecule has 4 nitrogen and oxygen atoms in total. The molecule has 0 aliphatic heterocycles. The van der Waals surface area contributed by atoms with E-state index < -0.39 is 0 Å². The second kappa shape index (κ2) is 7.13. The summed E-state index contributed by atoms with van der Waals surface area (Å²) in [6.45, 7) is 5.40. The van der Waals surface area contributed by atoms with Crippen molar-refractivity contribution >= 4 is 5.91 Å². The van der Waals surface area contributed by atoms with E-state index in [1.54, 1.807) is 30.3 Å². The van der Waals surface area contributed by atoms with Gasteiger partial charge in [-0.2, -0.15) is 5.26 Å².